The summed E-state index contributed by atoms with van der Waals surface area (Å²) in [6.45, 7) is 5.35. The fraction of sp³-hybridized carbons (Fsp3) is 0.429. The van der Waals surface area contributed by atoms with E-state index in [2.05, 4.69) is 106 Å². The lowest BCUT2D eigenvalue weighted by atomic mass is 9.86. The predicted octanol–water partition coefficient (Wildman–Crippen LogP) is 7.71. The molecule has 46 heavy (non-hydrogen) atoms. The number of rotatable bonds is 6. The van der Waals surface area contributed by atoms with Crippen LogP contribution in [0, 0.1) is 5.92 Å². The lowest BCUT2D eigenvalue weighted by molar-refractivity contribution is -0.130. The van der Waals surface area contributed by atoms with Crippen LogP contribution in [0.25, 0.3) is 0 Å². The van der Waals surface area contributed by atoms with Crippen molar-refractivity contribution < 1.29 is 4.79 Å². The van der Waals surface area contributed by atoms with Crippen LogP contribution in [0.2, 0.25) is 0 Å². The van der Waals surface area contributed by atoms with E-state index in [0.29, 0.717) is 6.42 Å². The smallest absolute Gasteiger partial charge is 0.227 e. The van der Waals surface area contributed by atoms with E-state index in [9.17, 15) is 4.79 Å². The summed E-state index contributed by atoms with van der Waals surface area (Å²) in [4.78, 5) is 28.8. The van der Waals surface area contributed by atoms with Crippen molar-refractivity contribution in [2.75, 3.05) is 20.6 Å². The van der Waals surface area contributed by atoms with Gasteiger partial charge >= 0.3 is 0 Å². The average molecular weight is 841 g/mol. The average Bonchev–Trinajstić information content (AvgIpc) is 3.07. The maximum atomic E-state index is 11.6. The Balaban J connectivity index is 0.000000157. The van der Waals surface area contributed by atoms with Crippen molar-refractivity contribution in [1.82, 2.24) is 24.8 Å². The molecule has 13 unspecified atom stereocenters. The highest BCUT2D eigenvalue weighted by atomic mass is 32.6. The van der Waals surface area contributed by atoms with Gasteiger partial charge in [-0.25, -0.2) is 0 Å². The minimum atomic E-state index is -0.214. The molecule has 6 nitrogen and oxygen atoms in total. The van der Waals surface area contributed by atoms with Crippen LogP contribution in [0.5, 0.6) is 0 Å². The number of carbonyl (C=O) groups is 1. The number of hydrogen-bond acceptors (Lipinski definition) is 5. The summed E-state index contributed by atoms with van der Waals surface area (Å²) < 4.78 is 0. The van der Waals surface area contributed by atoms with Gasteiger partial charge in [-0.2, -0.15) is 0 Å². The van der Waals surface area contributed by atoms with Crippen molar-refractivity contribution in [3.63, 3.8) is 0 Å². The maximum Gasteiger partial charge on any atom is 0.227 e. The van der Waals surface area contributed by atoms with Gasteiger partial charge in [0.25, 0.3) is 0 Å². The summed E-state index contributed by atoms with van der Waals surface area (Å²) in [6.07, 6.45) is 17.5. The highest BCUT2D eigenvalue weighted by Gasteiger charge is 2.24. The highest BCUT2D eigenvalue weighted by molar-refractivity contribution is 8.64. The zero-order valence-corrected chi connectivity index (χ0v) is 39.3. The van der Waals surface area contributed by atoms with Crippen molar-refractivity contribution in [3.8, 4) is 0 Å². The van der Waals surface area contributed by atoms with Crippen LogP contribution in [0.3, 0.4) is 0 Å². The van der Waals surface area contributed by atoms with Crippen LogP contribution in [-0.4, -0.2) is 51.3 Å². The molecule has 3 aromatic heterocycles. The van der Waals surface area contributed by atoms with Gasteiger partial charge in [0, 0.05) is 79.8 Å². The van der Waals surface area contributed by atoms with E-state index in [1.807, 2.05) is 25.6 Å². The molecule has 6 rings (SSSR count). The van der Waals surface area contributed by atoms with Crippen LogP contribution in [-0.2, 0) is 43.6 Å². The molecule has 0 radical (unpaired) electrons. The molecule has 3 aliphatic rings. The molecule has 0 N–H and O–H groups in total. The summed E-state index contributed by atoms with van der Waals surface area (Å²) in [5, 5.41) is 4.32. The largest absolute Gasteiger partial charge is 0.341 e. The molecule has 18 heteroatoms. The van der Waals surface area contributed by atoms with E-state index >= 15 is 0 Å². The molecule has 0 fully saturated rings. The molecule has 0 spiro atoms. The Kier molecular flexibility index (Phi) is 18.0. The first-order valence-electron chi connectivity index (χ1n) is 14.9. The van der Waals surface area contributed by atoms with Gasteiger partial charge in [0.2, 0.25) is 5.91 Å². The highest BCUT2D eigenvalue weighted by Crippen LogP contribution is 2.66. The molecule has 0 bridgehead atoms. The van der Waals surface area contributed by atoms with Crippen LogP contribution in [0.15, 0.2) is 37.2 Å². The molecule has 0 aromatic carbocycles. The van der Waals surface area contributed by atoms with Crippen molar-refractivity contribution >= 4 is 121 Å². The van der Waals surface area contributed by atoms with Gasteiger partial charge in [-0.1, -0.05) is 30.8 Å². The zero-order chi connectivity index (χ0) is 33.4. The molecule has 5 heterocycles. The van der Waals surface area contributed by atoms with E-state index in [-0.39, 0.29) is 27.8 Å². The first-order chi connectivity index (χ1) is 22.1. The second kappa shape index (κ2) is 20.3. The summed E-state index contributed by atoms with van der Waals surface area (Å²) in [7, 11) is 23.8. The third-order valence-electron chi connectivity index (χ3n) is 8.38. The van der Waals surface area contributed by atoms with Crippen LogP contribution in [0.4, 0.5) is 0 Å². The second-order valence-electron chi connectivity index (χ2n) is 11.6. The number of fused-ring (bicyclic) bond motifs is 3. The standard InChI is InChI=1S/C10H17NP4.C9H14N2OP4.C9H16N2P4/c1-7-2-3-8-5-11-6-10(9(8)4-7)15(13)14-12;1-11-5-7-6(2-9(11)12)3-10-4-8(7)16(14)15-13;1-11-3-2-7-4-10-5-9(8(7)6-11)15(13)14-12/h5-7,14H,2-4,12-13H2,1H3;3-4,15H,2,5,13-14H2,1H3;4-5,14H,2-3,6,12-13H2,1H3. The lowest BCUT2D eigenvalue weighted by Crippen LogP contribution is -2.35. The van der Waals surface area contributed by atoms with Gasteiger partial charge in [0.05, 0.1) is 6.42 Å². The Morgan fingerprint density at radius 1 is 0.717 bits per heavy atom. The fourth-order valence-corrected chi connectivity index (χ4v) is 17.0. The van der Waals surface area contributed by atoms with E-state index in [1.165, 1.54) is 57.4 Å². The monoisotopic (exact) mass is 841 g/mol. The lowest BCUT2D eigenvalue weighted by Gasteiger charge is -2.27. The number of likely N-dealkylation sites (N-methyl/N-ethyl adjacent to an activating group) is 2. The molecular formula is C28H47N5OP12. The zero-order valence-electron chi connectivity index (χ0n) is 26.6. The van der Waals surface area contributed by atoms with Crippen molar-refractivity contribution in [1.29, 1.82) is 0 Å². The van der Waals surface area contributed by atoms with E-state index in [4.69, 9.17) is 0 Å². The van der Waals surface area contributed by atoms with Crippen molar-refractivity contribution in [3.05, 3.63) is 70.6 Å². The van der Waals surface area contributed by atoms with Crippen LogP contribution >= 0.6 is 99.3 Å². The van der Waals surface area contributed by atoms with Crippen molar-refractivity contribution in [2.24, 2.45) is 5.92 Å². The molecule has 0 saturated carbocycles. The minimum Gasteiger partial charge on any atom is -0.341 e. The van der Waals surface area contributed by atoms with E-state index < -0.39 is 0 Å². The van der Waals surface area contributed by atoms with Crippen molar-refractivity contribution in [2.45, 2.75) is 52.1 Å². The van der Waals surface area contributed by atoms with E-state index in [0.717, 1.165) is 61.4 Å². The molecule has 13 atom stereocenters. The Morgan fingerprint density at radius 3 is 1.74 bits per heavy atom. The van der Waals surface area contributed by atoms with Gasteiger partial charge in [-0.3, -0.25) is 19.7 Å². The Morgan fingerprint density at radius 2 is 1.20 bits per heavy atom. The number of aromatic nitrogens is 3. The van der Waals surface area contributed by atoms with Gasteiger partial charge in [0.1, 0.15) is 0 Å². The fourth-order valence-electron chi connectivity index (χ4n) is 5.71. The van der Waals surface area contributed by atoms with E-state index in [1.54, 1.807) is 10.5 Å². The second-order valence-corrected chi connectivity index (χ2v) is 39.0. The summed E-state index contributed by atoms with van der Waals surface area (Å²) in [5.74, 6) is 1.03. The first kappa shape index (κ1) is 40.8. The summed E-state index contributed by atoms with van der Waals surface area (Å²) in [5.41, 5.74) is 8.54. The Hall–Kier alpha value is 2.04. The Labute approximate surface area is 298 Å². The quantitative estimate of drug-likeness (QED) is 0.238. The first-order valence-corrected chi connectivity index (χ1v) is 34.7. The minimum absolute atomic E-state index is 0.0623. The number of amides is 1. The number of nitrogens with zero attached hydrogens (tertiary/aromatic N) is 5. The maximum absolute atomic E-state index is 11.6. The predicted molar refractivity (Wildman–Crippen MR) is 237 cm³/mol. The summed E-state index contributed by atoms with van der Waals surface area (Å²) >= 11 is 0. The molecule has 1 amide bonds. The third-order valence-corrected chi connectivity index (χ3v) is 38.7. The Bertz CT molecular complexity index is 1420. The number of hydrogen-bond donors (Lipinski definition) is 0. The van der Waals surface area contributed by atoms with Gasteiger partial charge in [-0.05, 0) is 93.9 Å². The number of carbonyl (C=O) groups excluding carboxylic acids is 1. The SMILES string of the molecule is CC1CCc2cncc(P(P)PP)c2C1.CN1CCc2cncc(P(P)PP)c2C1.CN1Cc2c(cncc2P(P)PP)CC1=O. The van der Waals surface area contributed by atoms with Gasteiger partial charge in [-0.15, -0.1) is 53.6 Å². The number of aryl methyl sites for hydroxylation is 1. The molecule has 0 saturated heterocycles. The molecular weight excluding hydrogens is 794 g/mol. The van der Waals surface area contributed by atoms with Gasteiger partial charge < -0.3 is 9.80 Å². The molecule has 250 valence electrons. The molecule has 3 aromatic rings. The molecule has 2 aliphatic heterocycles. The van der Waals surface area contributed by atoms with Crippen LogP contribution < -0.4 is 15.9 Å². The van der Waals surface area contributed by atoms with Gasteiger partial charge in [0.15, 0.2) is 0 Å². The number of pyridine rings is 3. The molecule has 1 aliphatic carbocycles. The third kappa shape index (κ3) is 11.0. The normalized spacial score (nSPS) is 20.1. The van der Waals surface area contributed by atoms with Crippen LogP contribution in [0.1, 0.15) is 46.7 Å². The summed E-state index contributed by atoms with van der Waals surface area (Å²) in [6, 6.07) is 0. The topological polar surface area (TPSA) is 62.2 Å².